The van der Waals surface area contributed by atoms with Crippen molar-refractivity contribution in [2.75, 3.05) is 11.9 Å². The van der Waals surface area contributed by atoms with Crippen molar-refractivity contribution < 1.29 is 0 Å². The van der Waals surface area contributed by atoms with Crippen molar-refractivity contribution in [3.8, 4) is 0 Å². The van der Waals surface area contributed by atoms with Gasteiger partial charge in [-0.05, 0) is 18.4 Å². The molecule has 0 saturated carbocycles. The van der Waals surface area contributed by atoms with E-state index in [4.69, 9.17) is 5.73 Å². The molecule has 0 aliphatic heterocycles. The summed E-state index contributed by atoms with van der Waals surface area (Å²) in [5.74, 6) is 0.899. The summed E-state index contributed by atoms with van der Waals surface area (Å²) in [6.45, 7) is 13.7. The first-order valence-electron chi connectivity index (χ1n) is 6.45. The number of hydrogen-bond donors (Lipinski definition) is 2. The molecule has 0 aromatic carbocycles. The van der Waals surface area contributed by atoms with Crippen molar-refractivity contribution in [3.63, 3.8) is 0 Å². The number of hydrogen-bond acceptors (Lipinski definition) is 5. The summed E-state index contributed by atoms with van der Waals surface area (Å²) in [6.07, 6.45) is 0.938. The highest BCUT2D eigenvalue weighted by Gasteiger charge is 2.26. The van der Waals surface area contributed by atoms with E-state index >= 15 is 0 Å². The third-order valence-corrected chi connectivity index (χ3v) is 3.54. The highest BCUT2D eigenvalue weighted by atomic mass is 32.1. The fourth-order valence-electron chi connectivity index (χ4n) is 1.62. The van der Waals surface area contributed by atoms with Gasteiger partial charge in [0.25, 0.3) is 0 Å². The molecule has 0 saturated heterocycles. The van der Waals surface area contributed by atoms with Crippen LogP contribution in [-0.2, 0) is 5.41 Å². The third kappa shape index (κ3) is 4.21. The Balaban J connectivity index is 2.79. The van der Waals surface area contributed by atoms with Gasteiger partial charge in [0.1, 0.15) is 5.82 Å². The Morgan fingerprint density at radius 1 is 1.22 bits per heavy atom. The topological polar surface area (TPSA) is 63.8 Å². The van der Waals surface area contributed by atoms with E-state index in [1.165, 1.54) is 11.5 Å². The van der Waals surface area contributed by atoms with Gasteiger partial charge in [-0.3, -0.25) is 0 Å². The summed E-state index contributed by atoms with van der Waals surface area (Å²) in [7, 11) is 0. The van der Waals surface area contributed by atoms with Gasteiger partial charge in [-0.1, -0.05) is 41.5 Å². The predicted octanol–water partition coefficient (Wildman–Crippen LogP) is 3.01. The first kappa shape index (κ1) is 15.4. The van der Waals surface area contributed by atoms with E-state index in [9.17, 15) is 0 Å². The second kappa shape index (κ2) is 5.53. The van der Waals surface area contributed by atoms with E-state index in [2.05, 4.69) is 56.2 Å². The van der Waals surface area contributed by atoms with E-state index in [1.54, 1.807) is 0 Å². The standard InChI is InChI=1S/C13H26N4S/c1-12(2,3)9(7-8-14)15-11-16-10(17-18-11)13(4,5)6/h9H,7-8,14H2,1-6H3,(H,15,16,17). The maximum atomic E-state index is 5.68. The maximum absolute atomic E-state index is 5.68. The summed E-state index contributed by atoms with van der Waals surface area (Å²) in [6, 6.07) is 0.322. The monoisotopic (exact) mass is 270 g/mol. The normalized spacial score (nSPS) is 14.6. The lowest BCUT2D eigenvalue weighted by Gasteiger charge is -2.31. The van der Waals surface area contributed by atoms with Gasteiger partial charge >= 0.3 is 0 Å². The van der Waals surface area contributed by atoms with Crippen LogP contribution in [0, 0.1) is 5.41 Å². The van der Waals surface area contributed by atoms with Gasteiger partial charge in [0, 0.05) is 23.0 Å². The second-order valence-electron chi connectivity index (χ2n) is 6.81. The number of anilines is 1. The minimum Gasteiger partial charge on any atom is -0.357 e. The van der Waals surface area contributed by atoms with Crippen molar-refractivity contribution in [2.24, 2.45) is 11.1 Å². The molecule has 1 rings (SSSR count). The van der Waals surface area contributed by atoms with Crippen molar-refractivity contribution >= 4 is 16.7 Å². The van der Waals surface area contributed by atoms with Gasteiger partial charge < -0.3 is 11.1 Å². The van der Waals surface area contributed by atoms with Crippen LogP contribution in [0.1, 0.15) is 53.8 Å². The highest BCUT2D eigenvalue weighted by Crippen LogP contribution is 2.28. The van der Waals surface area contributed by atoms with Crippen LogP contribution in [0.3, 0.4) is 0 Å². The average Bonchev–Trinajstić information content (AvgIpc) is 2.63. The second-order valence-corrected chi connectivity index (χ2v) is 7.57. The predicted molar refractivity (Wildman–Crippen MR) is 79.1 cm³/mol. The molecule has 0 aliphatic carbocycles. The molecule has 104 valence electrons. The molecule has 4 nitrogen and oxygen atoms in total. The molecule has 0 amide bonds. The summed E-state index contributed by atoms with van der Waals surface area (Å²) in [5, 5.41) is 4.37. The molecule has 0 bridgehead atoms. The summed E-state index contributed by atoms with van der Waals surface area (Å²) < 4.78 is 4.42. The minimum absolute atomic E-state index is 0.00151. The van der Waals surface area contributed by atoms with Crippen LogP contribution in [0.25, 0.3) is 0 Å². The van der Waals surface area contributed by atoms with Gasteiger partial charge in [0.05, 0.1) is 0 Å². The van der Waals surface area contributed by atoms with Crippen molar-refractivity contribution in [2.45, 2.75) is 59.4 Å². The minimum atomic E-state index is 0.00151. The number of nitrogens with one attached hydrogen (secondary N) is 1. The van der Waals surface area contributed by atoms with Crippen molar-refractivity contribution in [3.05, 3.63) is 5.82 Å². The lowest BCUT2D eigenvalue weighted by atomic mass is 9.85. The molecular formula is C13H26N4S. The first-order chi connectivity index (χ1) is 8.14. The molecule has 1 aromatic rings. The van der Waals surface area contributed by atoms with E-state index in [0.717, 1.165) is 17.4 Å². The van der Waals surface area contributed by atoms with Gasteiger partial charge in [-0.25, -0.2) is 4.98 Å². The molecule has 1 unspecified atom stereocenters. The summed E-state index contributed by atoms with van der Waals surface area (Å²) in [5.41, 5.74) is 5.84. The van der Waals surface area contributed by atoms with Crippen LogP contribution in [0.4, 0.5) is 5.13 Å². The molecule has 1 aromatic heterocycles. The van der Waals surface area contributed by atoms with Crippen molar-refractivity contribution in [1.29, 1.82) is 0 Å². The molecule has 0 aliphatic rings. The van der Waals surface area contributed by atoms with Crippen LogP contribution in [-0.4, -0.2) is 21.9 Å². The molecule has 0 radical (unpaired) electrons. The number of nitrogens with two attached hydrogens (primary N) is 1. The number of aromatic nitrogens is 2. The molecule has 1 heterocycles. The highest BCUT2D eigenvalue weighted by molar-refractivity contribution is 7.09. The smallest absolute Gasteiger partial charge is 0.202 e. The maximum Gasteiger partial charge on any atom is 0.202 e. The summed E-state index contributed by atoms with van der Waals surface area (Å²) in [4.78, 5) is 4.57. The van der Waals surface area contributed by atoms with Crippen LogP contribution < -0.4 is 11.1 Å². The average molecular weight is 270 g/mol. The van der Waals surface area contributed by atoms with E-state index in [1.807, 2.05) is 0 Å². The first-order valence-corrected chi connectivity index (χ1v) is 7.22. The van der Waals surface area contributed by atoms with E-state index in [-0.39, 0.29) is 10.8 Å². The lowest BCUT2D eigenvalue weighted by molar-refractivity contribution is 0.328. The Hall–Kier alpha value is -0.680. The van der Waals surface area contributed by atoms with Crippen LogP contribution in [0.5, 0.6) is 0 Å². The van der Waals surface area contributed by atoms with E-state index < -0.39 is 0 Å². The van der Waals surface area contributed by atoms with Gasteiger partial charge in [-0.2, -0.15) is 4.37 Å². The fraction of sp³-hybridized carbons (Fsp3) is 0.846. The molecular weight excluding hydrogens is 244 g/mol. The van der Waals surface area contributed by atoms with Crippen molar-refractivity contribution in [1.82, 2.24) is 9.36 Å². The van der Waals surface area contributed by atoms with Crippen LogP contribution >= 0.6 is 11.5 Å². The Bertz CT molecular complexity index is 373. The van der Waals surface area contributed by atoms with Crippen LogP contribution in [0.2, 0.25) is 0 Å². The van der Waals surface area contributed by atoms with E-state index in [0.29, 0.717) is 12.6 Å². The number of nitrogens with zero attached hydrogens (tertiary/aromatic N) is 2. The number of rotatable bonds is 4. The third-order valence-electron chi connectivity index (χ3n) is 2.90. The Labute approximate surface area is 115 Å². The fourth-order valence-corrected chi connectivity index (χ4v) is 2.43. The molecule has 0 fully saturated rings. The summed E-state index contributed by atoms with van der Waals surface area (Å²) >= 11 is 1.43. The quantitative estimate of drug-likeness (QED) is 0.883. The zero-order chi connectivity index (χ0) is 14.0. The Kier molecular flexibility index (Phi) is 4.72. The zero-order valence-corrected chi connectivity index (χ0v) is 13.2. The Morgan fingerprint density at radius 3 is 2.22 bits per heavy atom. The molecule has 1 atom stereocenters. The van der Waals surface area contributed by atoms with Gasteiger partial charge in [-0.15, -0.1) is 0 Å². The Morgan fingerprint density at radius 2 is 1.83 bits per heavy atom. The zero-order valence-electron chi connectivity index (χ0n) is 12.4. The van der Waals surface area contributed by atoms with Gasteiger partial charge in [0.2, 0.25) is 5.13 Å². The molecule has 0 spiro atoms. The molecule has 3 N–H and O–H groups in total. The van der Waals surface area contributed by atoms with Crippen LogP contribution in [0.15, 0.2) is 0 Å². The lowest BCUT2D eigenvalue weighted by Crippen LogP contribution is -2.35. The SMILES string of the molecule is CC(C)(C)c1nsc(NC(CCN)C(C)(C)C)n1. The van der Waals surface area contributed by atoms with Gasteiger partial charge in [0.15, 0.2) is 0 Å². The molecule has 18 heavy (non-hydrogen) atoms. The largest absolute Gasteiger partial charge is 0.357 e. The molecule has 5 heteroatoms.